The number of hydrazine groups is 1. The molecule has 0 spiro atoms. The van der Waals surface area contributed by atoms with Crippen molar-refractivity contribution in [2.45, 2.75) is 0 Å². The van der Waals surface area contributed by atoms with Crippen molar-refractivity contribution in [2.75, 3.05) is 11.6 Å². The molecule has 1 aromatic rings. The normalized spacial score (nSPS) is 15.8. The summed E-state index contributed by atoms with van der Waals surface area (Å²) in [6, 6.07) is 10.3. The Labute approximate surface area is 80.4 Å². The van der Waals surface area contributed by atoms with E-state index >= 15 is 0 Å². The maximum absolute atomic E-state index is 3.41. The van der Waals surface area contributed by atoms with Gasteiger partial charge in [0.15, 0.2) is 0 Å². The van der Waals surface area contributed by atoms with Gasteiger partial charge in [0, 0.05) is 6.20 Å². The van der Waals surface area contributed by atoms with E-state index in [9.17, 15) is 0 Å². The fraction of sp³-hybridized carbons (Fsp3) is 0.111. The SMILES string of the molecule is BrN1C=CCN1c1ccccc1. The lowest BCUT2D eigenvalue weighted by Crippen LogP contribution is -2.27. The minimum atomic E-state index is 0.926. The summed E-state index contributed by atoms with van der Waals surface area (Å²) in [5.74, 6) is 0. The number of halogens is 1. The van der Waals surface area contributed by atoms with Crippen molar-refractivity contribution in [3.63, 3.8) is 0 Å². The van der Waals surface area contributed by atoms with E-state index in [1.807, 2.05) is 28.4 Å². The van der Waals surface area contributed by atoms with Gasteiger partial charge in [-0.1, -0.05) is 18.2 Å². The summed E-state index contributed by atoms with van der Waals surface area (Å²) >= 11 is 3.41. The van der Waals surface area contributed by atoms with Crippen molar-refractivity contribution >= 4 is 21.8 Å². The van der Waals surface area contributed by atoms with Crippen LogP contribution in [0.5, 0.6) is 0 Å². The average molecular weight is 225 g/mol. The van der Waals surface area contributed by atoms with Gasteiger partial charge in [0.1, 0.15) is 0 Å². The van der Waals surface area contributed by atoms with Crippen molar-refractivity contribution in [3.8, 4) is 0 Å². The van der Waals surface area contributed by atoms with Gasteiger partial charge in [-0.05, 0) is 18.2 Å². The van der Waals surface area contributed by atoms with E-state index in [0.717, 1.165) is 6.54 Å². The second-order valence-electron chi connectivity index (χ2n) is 2.59. The van der Waals surface area contributed by atoms with Crippen LogP contribution in [0.15, 0.2) is 42.6 Å². The highest BCUT2D eigenvalue weighted by Gasteiger charge is 2.12. The molecule has 1 aliphatic rings. The quantitative estimate of drug-likeness (QED) is 0.677. The first-order valence-electron chi connectivity index (χ1n) is 3.82. The lowest BCUT2D eigenvalue weighted by molar-refractivity contribution is 0.635. The summed E-state index contributed by atoms with van der Waals surface area (Å²) in [7, 11) is 0. The van der Waals surface area contributed by atoms with Crippen molar-refractivity contribution in [1.82, 2.24) is 4.03 Å². The van der Waals surface area contributed by atoms with E-state index in [2.05, 4.69) is 39.4 Å². The zero-order valence-corrected chi connectivity index (χ0v) is 8.11. The molecule has 0 aromatic heterocycles. The van der Waals surface area contributed by atoms with Crippen LogP contribution in [0, 0.1) is 0 Å². The first kappa shape index (κ1) is 7.68. The standard InChI is InChI=1S/C9H9BrN2/c10-12-8-4-7-11(12)9-5-2-1-3-6-9/h1-6,8H,7H2. The van der Waals surface area contributed by atoms with E-state index < -0.39 is 0 Å². The van der Waals surface area contributed by atoms with Crippen LogP contribution >= 0.6 is 16.1 Å². The second-order valence-corrected chi connectivity index (χ2v) is 3.32. The Bertz CT molecular complexity index is 284. The molecular formula is C9H9BrN2. The molecule has 0 radical (unpaired) electrons. The molecule has 0 aliphatic carbocycles. The Morgan fingerprint density at radius 2 is 1.92 bits per heavy atom. The Balaban J connectivity index is 2.22. The summed E-state index contributed by atoms with van der Waals surface area (Å²) in [5, 5.41) is 2.12. The van der Waals surface area contributed by atoms with Crippen molar-refractivity contribution < 1.29 is 0 Å². The van der Waals surface area contributed by atoms with Crippen LogP contribution in [0.2, 0.25) is 0 Å². The molecule has 2 nitrogen and oxygen atoms in total. The minimum absolute atomic E-state index is 0.926. The maximum atomic E-state index is 3.41. The number of nitrogens with zero attached hydrogens (tertiary/aromatic N) is 2. The van der Waals surface area contributed by atoms with Crippen molar-refractivity contribution in [1.29, 1.82) is 0 Å². The Morgan fingerprint density at radius 1 is 1.17 bits per heavy atom. The first-order chi connectivity index (χ1) is 5.88. The van der Waals surface area contributed by atoms with Crippen LogP contribution < -0.4 is 5.01 Å². The van der Waals surface area contributed by atoms with Crippen LogP contribution in [0.25, 0.3) is 0 Å². The smallest absolute Gasteiger partial charge is 0.0725 e. The molecule has 0 unspecified atom stereocenters. The molecule has 0 amide bonds. The molecular weight excluding hydrogens is 216 g/mol. The summed E-state index contributed by atoms with van der Waals surface area (Å²) in [6.07, 6.45) is 4.09. The van der Waals surface area contributed by atoms with Gasteiger partial charge in [-0.25, -0.2) is 4.03 Å². The molecule has 62 valence electrons. The molecule has 3 heteroatoms. The van der Waals surface area contributed by atoms with E-state index in [0.29, 0.717) is 0 Å². The molecule has 1 heterocycles. The molecule has 12 heavy (non-hydrogen) atoms. The summed E-state index contributed by atoms with van der Waals surface area (Å²) in [4.78, 5) is 0. The van der Waals surface area contributed by atoms with Crippen LogP contribution in [0.1, 0.15) is 0 Å². The Morgan fingerprint density at radius 3 is 2.50 bits per heavy atom. The van der Waals surface area contributed by atoms with Crippen LogP contribution in [0.3, 0.4) is 0 Å². The first-order valence-corrected chi connectivity index (χ1v) is 4.53. The van der Waals surface area contributed by atoms with Gasteiger partial charge in [-0.2, -0.15) is 0 Å². The highest BCUT2D eigenvalue weighted by atomic mass is 79.9. The fourth-order valence-electron chi connectivity index (χ4n) is 1.21. The van der Waals surface area contributed by atoms with E-state index in [1.165, 1.54) is 5.69 Å². The summed E-state index contributed by atoms with van der Waals surface area (Å²) < 4.78 is 1.91. The highest BCUT2D eigenvalue weighted by molar-refractivity contribution is 9.07. The number of benzene rings is 1. The van der Waals surface area contributed by atoms with Gasteiger partial charge < -0.3 is 0 Å². The highest BCUT2D eigenvalue weighted by Crippen LogP contribution is 2.21. The number of hydrogen-bond acceptors (Lipinski definition) is 2. The Hall–Kier alpha value is -0.960. The minimum Gasteiger partial charge on any atom is -0.272 e. The zero-order valence-electron chi connectivity index (χ0n) is 6.52. The molecule has 0 saturated carbocycles. The van der Waals surface area contributed by atoms with Gasteiger partial charge in [-0.15, -0.1) is 0 Å². The van der Waals surface area contributed by atoms with Crippen LogP contribution in [-0.2, 0) is 0 Å². The molecule has 1 aromatic carbocycles. The van der Waals surface area contributed by atoms with Gasteiger partial charge >= 0.3 is 0 Å². The van der Waals surface area contributed by atoms with Gasteiger partial charge in [-0.3, -0.25) is 5.01 Å². The van der Waals surface area contributed by atoms with E-state index in [-0.39, 0.29) is 0 Å². The average Bonchev–Trinajstić information content (AvgIpc) is 2.53. The molecule has 2 rings (SSSR count). The third-order valence-electron chi connectivity index (χ3n) is 1.79. The fourth-order valence-corrected chi connectivity index (χ4v) is 1.69. The van der Waals surface area contributed by atoms with Crippen molar-refractivity contribution in [3.05, 3.63) is 42.6 Å². The third-order valence-corrected chi connectivity index (χ3v) is 2.41. The predicted molar refractivity (Wildman–Crippen MR) is 53.7 cm³/mol. The predicted octanol–water partition coefficient (Wildman–Crippen LogP) is 2.55. The molecule has 0 atom stereocenters. The van der Waals surface area contributed by atoms with Gasteiger partial charge in [0.25, 0.3) is 0 Å². The van der Waals surface area contributed by atoms with Crippen molar-refractivity contribution in [2.24, 2.45) is 0 Å². The largest absolute Gasteiger partial charge is 0.272 e. The van der Waals surface area contributed by atoms with Gasteiger partial charge in [0.2, 0.25) is 0 Å². The maximum Gasteiger partial charge on any atom is 0.0725 e. The number of rotatable bonds is 1. The van der Waals surface area contributed by atoms with E-state index in [4.69, 9.17) is 0 Å². The summed E-state index contributed by atoms with van der Waals surface area (Å²) in [6.45, 7) is 0.926. The topological polar surface area (TPSA) is 6.48 Å². The molecule has 0 bridgehead atoms. The lowest BCUT2D eigenvalue weighted by Gasteiger charge is -2.24. The second kappa shape index (κ2) is 3.19. The molecule has 0 saturated heterocycles. The molecule has 0 N–H and O–H groups in total. The number of para-hydroxylation sites is 1. The van der Waals surface area contributed by atoms with Gasteiger partial charge in [0.05, 0.1) is 28.4 Å². The Kier molecular flexibility index (Phi) is 2.04. The number of anilines is 1. The summed E-state index contributed by atoms with van der Waals surface area (Å²) in [5.41, 5.74) is 1.19. The third kappa shape index (κ3) is 1.32. The molecule has 1 aliphatic heterocycles. The zero-order chi connectivity index (χ0) is 8.39. The number of hydrogen-bond donors (Lipinski definition) is 0. The monoisotopic (exact) mass is 224 g/mol. The van der Waals surface area contributed by atoms with Crippen LogP contribution in [0.4, 0.5) is 5.69 Å². The molecule has 0 fully saturated rings. The lowest BCUT2D eigenvalue weighted by atomic mass is 10.3. The van der Waals surface area contributed by atoms with E-state index in [1.54, 1.807) is 0 Å². The van der Waals surface area contributed by atoms with Crippen LogP contribution in [-0.4, -0.2) is 10.6 Å².